The van der Waals surface area contributed by atoms with Gasteiger partial charge in [0.2, 0.25) is 0 Å². The first-order valence-corrected chi connectivity index (χ1v) is 10.6. The molecule has 31 heavy (non-hydrogen) atoms. The highest BCUT2D eigenvalue weighted by molar-refractivity contribution is 5.76. The summed E-state index contributed by atoms with van der Waals surface area (Å²) in [5.74, 6) is 1.64. The number of H-pyrrole nitrogens is 1. The second-order valence-corrected chi connectivity index (χ2v) is 8.24. The summed E-state index contributed by atoms with van der Waals surface area (Å²) in [5.41, 5.74) is 3.81. The lowest BCUT2D eigenvalue weighted by Gasteiger charge is -2.14. The van der Waals surface area contributed by atoms with E-state index in [1.54, 1.807) is 17.8 Å². The Labute approximate surface area is 180 Å². The van der Waals surface area contributed by atoms with E-state index in [-0.39, 0.29) is 24.2 Å². The quantitative estimate of drug-likeness (QED) is 0.529. The predicted molar refractivity (Wildman–Crippen MR) is 115 cm³/mol. The molecule has 1 aliphatic carbocycles. The molecule has 1 amide bonds. The number of aromatic amines is 1. The minimum Gasteiger partial charge on any atom is -0.446 e. The van der Waals surface area contributed by atoms with E-state index in [1.165, 1.54) is 0 Å². The number of hydrogen-bond donors (Lipinski definition) is 3. The summed E-state index contributed by atoms with van der Waals surface area (Å²) < 4.78 is 12.6. The number of methoxy groups -OCH3 is 1. The molecule has 10 nitrogen and oxygen atoms in total. The highest BCUT2D eigenvalue weighted by atomic mass is 16.6. The van der Waals surface area contributed by atoms with Crippen LogP contribution in [0.25, 0.3) is 5.52 Å². The molecule has 0 aliphatic heterocycles. The van der Waals surface area contributed by atoms with E-state index in [2.05, 4.69) is 30.9 Å². The normalized spacial score (nSPS) is 18.6. The monoisotopic (exact) mass is 427 g/mol. The Bertz CT molecular complexity index is 1060. The molecular formula is C21H29N7O3. The molecule has 3 N–H and O–H groups in total. The van der Waals surface area contributed by atoms with Gasteiger partial charge in [0.1, 0.15) is 11.6 Å². The summed E-state index contributed by atoms with van der Waals surface area (Å²) in [5, 5.41) is 18.2. The Morgan fingerprint density at radius 3 is 3.00 bits per heavy atom. The number of ether oxygens (including phenoxy) is 2. The van der Waals surface area contributed by atoms with E-state index >= 15 is 0 Å². The van der Waals surface area contributed by atoms with E-state index in [9.17, 15) is 4.79 Å². The van der Waals surface area contributed by atoms with Crippen molar-refractivity contribution in [2.45, 2.75) is 64.7 Å². The number of hydrogen-bond acceptors (Lipinski definition) is 7. The van der Waals surface area contributed by atoms with E-state index in [0.29, 0.717) is 18.2 Å². The summed E-state index contributed by atoms with van der Waals surface area (Å²) in [6.07, 6.45) is 5.66. The van der Waals surface area contributed by atoms with Crippen molar-refractivity contribution in [3.05, 3.63) is 35.4 Å². The predicted octanol–water partition coefficient (Wildman–Crippen LogP) is 3.42. The first kappa shape index (κ1) is 21.1. The number of fused-ring (bicyclic) bond motifs is 1. The molecule has 1 saturated carbocycles. The summed E-state index contributed by atoms with van der Waals surface area (Å²) >= 11 is 0. The Hall–Kier alpha value is -3.14. The fourth-order valence-corrected chi connectivity index (χ4v) is 4.04. The maximum Gasteiger partial charge on any atom is 0.407 e. The Kier molecular flexibility index (Phi) is 6.08. The van der Waals surface area contributed by atoms with Crippen LogP contribution in [0.2, 0.25) is 0 Å². The van der Waals surface area contributed by atoms with Gasteiger partial charge in [-0.2, -0.15) is 10.2 Å². The van der Waals surface area contributed by atoms with Crippen LogP contribution in [0.5, 0.6) is 0 Å². The number of carbonyl (C=O) groups excluding carboxylic acids is 1. The van der Waals surface area contributed by atoms with Gasteiger partial charge >= 0.3 is 6.09 Å². The van der Waals surface area contributed by atoms with Gasteiger partial charge in [-0.3, -0.25) is 5.10 Å². The van der Waals surface area contributed by atoms with E-state index in [4.69, 9.17) is 9.47 Å². The van der Waals surface area contributed by atoms with Crippen LogP contribution < -0.4 is 10.6 Å². The summed E-state index contributed by atoms with van der Waals surface area (Å²) in [4.78, 5) is 16.3. The molecule has 3 heterocycles. The molecule has 0 aromatic carbocycles. The molecule has 10 heteroatoms. The third-order valence-corrected chi connectivity index (χ3v) is 5.51. The highest BCUT2D eigenvalue weighted by Crippen LogP contribution is 2.36. The summed E-state index contributed by atoms with van der Waals surface area (Å²) in [6, 6.07) is 2.06. The fraction of sp³-hybridized carbons (Fsp3) is 0.524. The Morgan fingerprint density at radius 2 is 2.23 bits per heavy atom. The van der Waals surface area contributed by atoms with Gasteiger partial charge < -0.3 is 20.1 Å². The molecule has 0 spiro atoms. The molecule has 1 aliphatic rings. The lowest BCUT2D eigenvalue weighted by atomic mass is 10.0. The van der Waals surface area contributed by atoms with Crippen LogP contribution in [-0.2, 0) is 16.1 Å². The van der Waals surface area contributed by atoms with Gasteiger partial charge in [0.25, 0.3) is 0 Å². The van der Waals surface area contributed by atoms with Crippen LogP contribution in [-0.4, -0.2) is 50.1 Å². The maximum absolute atomic E-state index is 11.9. The topological polar surface area (TPSA) is 118 Å². The van der Waals surface area contributed by atoms with Gasteiger partial charge in [0.05, 0.1) is 12.3 Å². The second kappa shape index (κ2) is 8.93. The van der Waals surface area contributed by atoms with Crippen molar-refractivity contribution in [1.82, 2.24) is 30.1 Å². The molecule has 166 valence electrons. The summed E-state index contributed by atoms with van der Waals surface area (Å²) in [6.45, 7) is 6.28. The molecule has 0 saturated heterocycles. The second-order valence-electron chi connectivity index (χ2n) is 8.24. The van der Waals surface area contributed by atoms with Crippen molar-refractivity contribution >= 4 is 23.2 Å². The largest absolute Gasteiger partial charge is 0.446 e. The lowest BCUT2D eigenvalue weighted by Crippen LogP contribution is -2.33. The van der Waals surface area contributed by atoms with Crippen molar-refractivity contribution in [3.63, 3.8) is 0 Å². The molecule has 3 aromatic rings. The molecule has 2 atom stereocenters. The fourth-order valence-electron chi connectivity index (χ4n) is 4.04. The van der Waals surface area contributed by atoms with Crippen LogP contribution >= 0.6 is 0 Å². The average Bonchev–Trinajstić information content (AvgIpc) is 3.42. The number of anilines is 2. The van der Waals surface area contributed by atoms with Crippen LogP contribution in [0, 0.1) is 6.92 Å². The zero-order valence-electron chi connectivity index (χ0n) is 18.3. The van der Waals surface area contributed by atoms with E-state index < -0.39 is 0 Å². The molecule has 3 aromatic heterocycles. The number of carbonyl (C=O) groups is 1. The first-order valence-electron chi connectivity index (χ1n) is 10.6. The zero-order chi connectivity index (χ0) is 22.0. The van der Waals surface area contributed by atoms with Crippen molar-refractivity contribution in [1.29, 1.82) is 0 Å². The van der Waals surface area contributed by atoms with Gasteiger partial charge in [-0.15, -0.1) is 0 Å². The highest BCUT2D eigenvalue weighted by Gasteiger charge is 2.30. The van der Waals surface area contributed by atoms with Crippen molar-refractivity contribution in [2.24, 2.45) is 0 Å². The number of alkyl carbamates (subject to hydrolysis) is 1. The molecule has 0 radical (unpaired) electrons. The van der Waals surface area contributed by atoms with Gasteiger partial charge in [-0.05, 0) is 40.0 Å². The molecule has 0 unspecified atom stereocenters. The van der Waals surface area contributed by atoms with Gasteiger partial charge in [-0.25, -0.2) is 14.3 Å². The molecule has 1 fully saturated rings. The lowest BCUT2D eigenvalue weighted by molar-refractivity contribution is 0.0981. The third-order valence-electron chi connectivity index (χ3n) is 5.51. The van der Waals surface area contributed by atoms with Gasteiger partial charge in [-0.1, -0.05) is 0 Å². The standard InChI is InChI=1S/C21H29N7O3/c1-12(2)23-21(29)31-15-6-5-14(9-15)16-10-18(26-25-16)24-20-19-13(3)17(11-30-4)27-28(19)8-7-22-20/h7-8,10,12,14-15H,5-6,9,11H2,1-4H3,(H,23,29)(H2,22,24,25,26)/t14-,15+/m0/s1. The van der Waals surface area contributed by atoms with E-state index in [0.717, 1.165) is 41.7 Å². The van der Waals surface area contributed by atoms with Crippen molar-refractivity contribution in [3.8, 4) is 0 Å². The third kappa shape index (κ3) is 4.63. The van der Waals surface area contributed by atoms with Crippen molar-refractivity contribution < 1.29 is 14.3 Å². The minimum absolute atomic E-state index is 0.0639. The first-order chi connectivity index (χ1) is 14.9. The Morgan fingerprint density at radius 1 is 1.39 bits per heavy atom. The number of nitrogens with one attached hydrogen (secondary N) is 3. The van der Waals surface area contributed by atoms with Crippen molar-refractivity contribution in [2.75, 3.05) is 12.4 Å². The number of amides is 1. The number of aromatic nitrogens is 5. The number of aryl methyl sites for hydroxylation is 1. The van der Waals surface area contributed by atoms with Crippen LogP contribution in [0.1, 0.15) is 56.0 Å². The maximum atomic E-state index is 11.9. The SMILES string of the molecule is COCc1nn2ccnc(Nc3cc([C@H]4CC[C@@H](OC(=O)NC(C)C)C4)[nH]n3)c2c1C. The molecule has 4 rings (SSSR count). The molecule has 0 bridgehead atoms. The van der Waals surface area contributed by atoms with Gasteiger partial charge in [0, 0.05) is 48.8 Å². The smallest absolute Gasteiger partial charge is 0.407 e. The number of nitrogens with zero attached hydrogens (tertiary/aromatic N) is 4. The average molecular weight is 428 g/mol. The molecular weight excluding hydrogens is 398 g/mol. The number of rotatable bonds is 7. The minimum atomic E-state index is -0.351. The Balaban J connectivity index is 1.44. The van der Waals surface area contributed by atoms with Crippen LogP contribution in [0.3, 0.4) is 0 Å². The zero-order valence-corrected chi connectivity index (χ0v) is 18.3. The summed E-state index contributed by atoms with van der Waals surface area (Å²) in [7, 11) is 1.65. The van der Waals surface area contributed by atoms with Gasteiger partial charge in [0.15, 0.2) is 11.6 Å². The van der Waals surface area contributed by atoms with Crippen LogP contribution in [0.15, 0.2) is 18.5 Å². The van der Waals surface area contributed by atoms with Crippen LogP contribution in [0.4, 0.5) is 16.4 Å². The van der Waals surface area contributed by atoms with E-state index in [1.807, 2.05) is 33.0 Å².